The van der Waals surface area contributed by atoms with Gasteiger partial charge in [0.05, 0.1) is 7.11 Å². The first-order valence-electron chi connectivity index (χ1n) is 6.76. The number of rotatable bonds is 4. The van der Waals surface area contributed by atoms with Gasteiger partial charge in [-0.25, -0.2) is 0 Å². The zero-order valence-electron chi connectivity index (χ0n) is 11.7. The van der Waals surface area contributed by atoms with Crippen molar-refractivity contribution in [3.63, 3.8) is 0 Å². The van der Waals surface area contributed by atoms with Crippen molar-refractivity contribution in [3.8, 4) is 5.75 Å². The molecule has 19 heavy (non-hydrogen) atoms. The van der Waals surface area contributed by atoms with Gasteiger partial charge in [-0.15, -0.1) is 0 Å². The van der Waals surface area contributed by atoms with Crippen molar-refractivity contribution in [3.05, 3.63) is 23.8 Å². The Morgan fingerprint density at radius 1 is 1.42 bits per heavy atom. The first-order valence-corrected chi connectivity index (χ1v) is 6.76. The Balaban J connectivity index is 2.02. The van der Waals surface area contributed by atoms with Gasteiger partial charge in [0.1, 0.15) is 5.75 Å². The quantitative estimate of drug-likeness (QED) is 0.819. The highest BCUT2D eigenvalue weighted by atomic mass is 16.5. The smallest absolute Gasteiger partial charge is 0.226 e. The number of hydrogen-bond donors (Lipinski definition) is 2. The molecule has 0 spiro atoms. The van der Waals surface area contributed by atoms with E-state index in [0.717, 1.165) is 37.0 Å². The Kier molecular flexibility index (Phi) is 3.98. The summed E-state index contributed by atoms with van der Waals surface area (Å²) >= 11 is 0. The van der Waals surface area contributed by atoms with E-state index in [4.69, 9.17) is 10.5 Å². The monoisotopic (exact) mass is 262 g/mol. The molecule has 1 saturated carbocycles. The van der Waals surface area contributed by atoms with Crippen LogP contribution in [0.15, 0.2) is 18.2 Å². The number of hydrogen-bond acceptors (Lipinski definition) is 3. The van der Waals surface area contributed by atoms with Crippen LogP contribution >= 0.6 is 0 Å². The lowest BCUT2D eigenvalue weighted by Crippen LogP contribution is -2.36. The molecule has 0 aromatic heterocycles. The number of carbonyl (C=O) groups is 1. The molecule has 1 amide bonds. The van der Waals surface area contributed by atoms with E-state index in [-0.39, 0.29) is 11.3 Å². The van der Waals surface area contributed by atoms with Crippen molar-refractivity contribution in [2.24, 2.45) is 5.41 Å². The molecule has 1 aliphatic rings. The molecule has 0 heterocycles. The van der Waals surface area contributed by atoms with Crippen LogP contribution < -0.4 is 15.8 Å². The van der Waals surface area contributed by atoms with Crippen LogP contribution in [-0.4, -0.2) is 13.0 Å². The first-order chi connectivity index (χ1) is 9.05. The Bertz CT molecular complexity index is 465. The predicted molar refractivity (Wildman–Crippen MR) is 75.8 cm³/mol. The van der Waals surface area contributed by atoms with E-state index in [0.29, 0.717) is 12.2 Å². The predicted octanol–water partition coefficient (Wildman–Crippen LogP) is 2.47. The second kappa shape index (κ2) is 5.51. The van der Waals surface area contributed by atoms with Crippen molar-refractivity contribution < 1.29 is 9.53 Å². The minimum absolute atomic E-state index is 0.134. The molecule has 0 saturated heterocycles. The van der Waals surface area contributed by atoms with Gasteiger partial charge in [0.25, 0.3) is 0 Å². The van der Waals surface area contributed by atoms with Crippen LogP contribution in [-0.2, 0) is 11.3 Å². The first kappa shape index (κ1) is 13.7. The van der Waals surface area contributed by atoms with Gasteiger partial charge < -0.3 is 15.8 Å². The van der Waals surface area contributed by atoms with Gasteiger partial charge in [0, 0.05) is 23.2 Å². The zero-order chi connectivity index (χ0) is 13.9. The Morgan fingerprint density at radius 3 is 2.74 bits per heavy atom. The molecule has 1 aromatic rings. The Hall–Kier alpha value is -1.71. The molecule has 0 aliphatic heterocycles. The standard InChI is InChI=1S/C15H22N2O2/c1-15(7-3-4-8-15)14(18)17-10-11-9-12(16)5-6-13(11)19-2/h5-6,9H,3-4,7-8,10,16H2,1-2H3,(H,17,18). The van der Waals surface area contributed by atoms with Crippen LogP contribution in [0.4, 0.5) is 5.69 Å². The summed E-state index contributed by atoms with van der Waals surface area (Å²) in [6.07, 6.45) is 4.25. The summed E-state index contributed by atoms with van der Waals surface area (Å²) < 4.78 is 5.28. The normalized spacial score (nSPS) is 17.2. The maximum absolute atomic E-state index is 12.2. The largest absolute Gasteiger partial charge is 0.496 e. The van der Waals surface area contributed by atoms with Gasteiger partial charge in [-0.1, -0.05) is 19.8 Å². The third-order valence-electron chi connectivity index (χ3n) is 4.00. The zero-order valence-corrected chi connectivity index (χ0v) is 11.7. The molecule has 2 rings (SSSR count). The molecule has 0 atom stereocenters. The van der Waals surface area contributed by atoms with Crippen molar-refractivity contribution >= 4 is 11.6 Å². The molecular weight excluding hydrogens is 240 g/mol. The van der Waals surface area contributed by atoms with Crippen molar-refractivity contribution in [1.29, 1.82) is 0 Å². The summed E-state index contributed by atoms with van der Waals surface area (Å²) in [5.41, 5.74) is 7.16. The minimum Gasteiger partial charge on any atom is -0.496 e. The summed E-state index contributed by atoms with van der Waals surface area (Å²) in [5, 5.41) is 3.01. The fourth-order valence-corrected chi connectivity index (χ4v) is 2.71. The molecule has 1 fully saturated rings. The van der Waals surface area contributed by atoms with Crippen LogP contribution in [0, 0.1) is 5.41 Å². The SMILES string of the molecule is COc1ccc(N)cc1CNC(=O)C1(C)CCCC1. The van der Waals surface area contributed by atoms with Gasteiger partial charge in [-0.2, -0.15) is 0 Å². The van der Waals surface area contributed by atoms with Crippen LogP contribution in [0.1, 0.15) is 38.2 Å². The molecule has 1 aromatic carbocycles. The highest BCUT2D eigenvalue weighted by Gasteiger charge is 2.35. The van der Waals surface area contributed by atoms with Crippen LogP contribution in [0.2, 0.25) is 0 Å². The highest BCUT2D eigenvalue weighted by Crippen LogP contribution is 2.37. The fourth-order valence-electron chi connectivity index (χ4n) is 2.71. The molecule has 0 bridgehead atoms. The molecular formula is C15H22N2O2. The summed E-state index contributed by atoms with van der Waals surface area (Å²) in [6, 6.07) is 5.46. The molecule has 0 radical (unpaired) electrons. The number of nitrogens with two attached hydrogens (primary N) is 1. The van der Waals surface area contributed by atoms with Crippen molar-refractivity contribution in [2.75, 3.05) is 12.8 Å². The van der Waals surface area contributed by atoms with E-state index in [1.165, 1.54) is 0 Å². The number of carbonyl (C=O) groups excluding carboxylic acids is 1. The second-order valence-corrected chi connectivity index (χ2v) is 5.52. The average molecular weight is 262 g/mol. The van der Waals surface area contributed by atoms with E-state index in [9.17, 15) is 4.79 Å². The lowest BCUT2D eigenvalue weighted by atomic mass is 9.88. The van der Waals surface area contributed by atoms with E-state index in [1.807, 2.05) is 19.1 Å². The van der Waals surface area contributed by atoms with E-state index in [2.05, 4.69) is 5.32 Å². The number of nitrogens with one attached hydrogen (secondary N) is 1. The van der Waals surface area contributed by atoms with Gasteiger partial charge >= 0.3 is 0 Å². The Labute approximate surface area is 114 Å². The molecule has 4 nitrogen and oxygen atoms in total. The van der Waals surface area contributed by atoms with Gasteiger partial charge in [0.2, 0.25) is 5.91 Å². The summed E-state index contributed by atoms with van der Waals surface area (Å²) in [6.45, 7) is 2.51. The average Bonchev–Trinajstić information content (AvgIpc) is 2.84. The topological polar surface area (TPSA) is 64.3 Å². The third kappa shape index (κ3) is 3.00. The van der Waals surface area contributed by atoms with E-state index >= 15 is 0 Å². The number of methoxy groups -OCH3 is 1. The minimum atomic E-state index is -0.201. The third-order valence-corrected chi connectivity index (χ3v) is 4.00. The second-order valence-electron chi connectivity index (χ2n) is 5.52. The molecule has 1 aliphatic carbocycles. The summed E-state index contributed by atoms with van der Waals surface area (Å²) in [5.74, 6) is 0.889. The molecule has 3 N–H and O–H groups in total. The number of benzene rings is 1. The molecule has 4 heteroatoms. The summed E-state index contributed by atoms with van der Waals surface area (Å²) in [7, 11) is 1.62. The van der Waals surface area contributed by atoms with Crippen LogP contribution in [0.25, 0.3) is 0 Å². The number of nitrogen functional groups attached to an aromatic ring is 1. The lowest BCUT2D eigenvalue weighted by molar-refractivity contribution is -0.130. The maximum atomic E-state index is 12.2. The Morgan fingerprint density at radius 2 is 2.11 bits per heavy atom. The van der Waals surface area contributed by atoms with Gasteiger partial charge in [-0.05, 0) is 31.0 Å². The summed E-state index contributed by atoms with van der Waals surface area (Å²) in [4.78, 5) is 12.2. The van der Waals surface area contributed by atoms with Crippen LogP contribution in [0.5, 0.6) is 5.75 Å². The lowest BCUT2D eigenvalue weighted by Gasteiger charge is -2.22. The van der Waals surface area contributed by atoms with Crippen molar-refractivity contribution in [1.82, 2.24) is 5.32 Å². The van der Waals surface area contributed by atoms with E-state index < -0.39 is 0 Å². The van der Waals surface area contributed by atoms with Gasteiger partial charge in [0.15, 0.2) is 0 Å². The number of anilines is 1. The highest BCUT2D eigenvalue weighted by molar-refractivity contribution is 5.82. The number of amides is 1. The number of ether oxygens (including phenoxy) is 1. The van der Waals surface area contributed by atoms with Crippen LogP contribution in [0.3, 0.4) is 0 Å². The van der Waals surface area contributed by atoms with Gasteiger partial charge in [-0.3, -0.25) is 4.79 Å². The maximum Gasteiger partial charge on any atom is 0.226 e. The molecule has 0 unspecified atom stereocenters. The fraction of sp³-hybridized carbons (Fsp3) is 0.533. The van der Waals surface area contributed by atoms with E-state index in [1.54, 1.807) is 13.2 Å². The molecule has 104 valence electrons. The van der Waals surface area contributed by atoms with Crippen molar-refractivity contribution in [2.45, 2.75) is 39.2 Å².